The van der Waals surface area contributed by atoms with Crippen LogP contribution in [0.1, 0.15) is 5.56 Å². The van der Waals surface area contributed by atoms with Gasteiger partial charge in [0.05, 0.1) is 24.4 Å². The molecule has 1 heterocycles. The van der Waals surface area contributed by atoms with Gasteiger partial charge >= 0.3 is 0 Å². The molecule has 8 heteroatoms. The van der Waals surface area contributed by atoms with Crippen LogP contribution >= 0.6 is 12.2 Å². The fraction of sp³-hybridized carbons (Fsp3) is 0.143. The average Bonchev–Trinajstić information content (AvgIpc) is 2.48. The Labute approximate surface area is 130 Å². The number of ether oxygens (including phenoxy) is 1. The van der Waals surface area contributed by atoms with E-state index in [0.29, 0.717) is 22.6 Å². The first kappa shape index (κ1) is 15.5. The zero-order chi connectivity index (χ0) is 16.3. The van der Waals surface area contributed by atoms with Crippen LogP contribution in [0.25, 0.3) is 11.3 Å². The number of methoxy groups -OCH3 is 1. The predicted octanol–water partition coefficient (Wildman–Crippen LogP) is 0.938. The highest BCUT2D eigenvalue weighted by atomic mass is 32.1. The Balaban J connectivity index is 2.82. The first-order valence-corrected chi connectivity index (χ1v) is 6.58. The summed E-state index contributed by atoms with van der Waals surface area (Å²) in [6, 6.07) is 8.03. The lowest BCUT2D eigenvalue weighted by Crippen LogP contribution is -2.23. The molecule has 2 aromatic rings. The van der Waals surface area contributed by atoms with Crippen molar-refractivity contribution in [2.24, 2.45) is 5.73 Å². The third-order valence-corrected chi connectivity index (χ3v) is 3.27. The Hall–Kier alpha value is -2.92. The number of nitrogens with zero attached hydrogens (tertiary/aromatic N) is 2. The number of hydrogen-bond donors (Lipinski definition) is 2. The van der Waals surface area contributed by atoms with E-state index in [1.54, 1.807) is 18.2 Å². The fourth-order valence-corrected chi connectivity index (χ4v) is 2.30. The summed E-state index contributed by atoms with van der Waals surface area (Å²) in [7, 11) is 1.46. The standard InChI is InChI=1S/C14H12N4O3S/c1-21-11-3-2-8(6-15)4-9(11)10-5-13(20)17-14(22)18(10)7-12(16)19/h2-5H,7H2,1H3,(H2,16,19)(H,17,20,22). The molecule has 0 bridgehead atoms. The lowest BCUT2D eigenvalue weighted by atomic mass is 10.1. The van der Waals surface area contributed by atoms with Crippen molar-refractivity contribution in [3.05, 3.63) is 45.0 Å². The summed E-state index contributed by atoms with van der Waals surface area (Å²) in [5.74, 6) is -0.169. The van der Waals surface area contributed by atoms with Gasteiger partial charge in [0.1, 0.15) is 12.3 Å². The van der Waals surface area contributed by atoms with Gasteiger partial charge in [-0.05, 0) is 30.4 Å². The summed E-state index contributed by atoms with van der Waals surface area (Å²) in [4.78, 5) is 25.4. The van der Waals surface area contributed by atoms with Gasteiger partial charge < -0.3 is 15.0 Å². The summed E-state index contributed by atoms with van der Waals surface area (Å²) in [5, 5.41) is 9.04. The first-order valence-electron chi connectivity index (χ1n) is 6.17. The second-order valence-corrected chi connectivity index (χ2v) is 4.79. The van der Waals surface area contributed by atoms with Crippen molar-refractivity contribution in [2.75, 3.05) is 7.11 Å². The third-order valence-electron chi connectivity index (χ3n) is 2.95. The quantitative estimate of drug-likeness (QED) is 0.815. The minimum Gasteiger partial charge on any atom is -0.496 e. The molecule has 22 heavy (non-hydrogen) atoms. The van der Waals surface area contributed by atoms with Crippen LogP contribution in [0.15, 0.2) is 29.1 Å². The molecule has 0 aliphatic carbocycles. The minimum atomic E-state index is -0.611. The molecule has 7 nitrogen and oxygen atoms in total. The Bertz CT molecular complexity index is 892. The van der Waals surface area contributed by atoms with E-state index >= 15 is 0 Å². The Morgan fingerprint density at radius 1 is 1.50 bits per heavy atom. The maximum atomic E-state index is 11.7. The maximum Gasteiger partial charge on any atom is 0.252 e. The molecule has 0 aliphatic heterocycles. The summed E-state index contributed by atoms with van der Waals surface area (Å²) in [5.41, 5.74) is 6.00. The number of aromatic amines is 1. The average molecular weight is 316 g/mol. The van der Waals surface area contributed by atoms with Crippen LogP contribution in [0.3, 0.4) is 0 Å². The van der Waals surface area contributed by atoms with Crippen molar-refractivity contribution in [2.45, 2.75) is 6.54 Å². The molecule has 0 aliphatic rings. The highest BCUT2D eigenvalue weighted by molar-refractivity contribution is 7.71. The molecule has 0 radical (unpaired) electrons. The molecule has 0 saturated carbocycles. The van der Waals surface area contributed by atoms with E-state index in [0.717, 1.165) is 0 Å². The summed E-state index contributed by atoms with van der Waals surface area (Å²) >= 11 is 5.08. The molecule has 1 aromatic carbocycles. The molecular weight excluding hydrogens is 304 g/mol. The number of nitrogens with two attached hydrogens (primary N) is 1. The second-order valence-electron chi connectivity index (χ2n) is 4.40. The van der Waals surface area contributed by atoms with E-state index in [-0.39, 0.29) is 11.3 Å². The largest absolute Gasteiger partial charge is 0.496 e. The molecule has 0 fully saturated rings. The van der Waals surface area contributed by atoms with E-state index in [4.69, 9.17) is 28.0 Å². The van der Waals surface area contributed by atoms with Gasteiger partial charge in [0, 0.05) is 11.6 Å². The molecule has 3 N–H and O–H groups in total. The number of hydrogen-bond acceptors (Lipinski definition) is 5. The van der Waals surface area contributed by atoms with Crippen molar-refractivity contribution < 1.29 is 9.53 Å². The lowest BCUT2D eigenvalue weighted by Gasteiger charge is -2.15. The fourth-order valence-electron chi connectivity index (χ4n) is 2.03. The maximum absolute atomic E-state index is 11.7. The first-order chi connectivity index (χ1) is 10.5. The van der Waals surface area contributed by atoms with Gasteiger partial charge in [0.25, 0.3) is 5.56 Å². The van der Waals surface area contributed by atoms with E-state index in [1.807, 2.05) is 6.07 Å². The number of nitriles is 1. The van der Waals surface area contributed by atoms with E-state index in [2.05, 4.69) is 4.98 Å². The van der Waals surface area contributed by atoms with E-state index < -0.39 is 11.5 Å². The Kier molecular flexibility index (Phi) is 4.39. The van der Waals surface area contributed by atoms with Crippen LogP contribution in [0.5, 0.6) is 5.75 Å². The molecule has 112 valence electrons. The zero-order valence-corrected chi connectivity index (χ0v) is 12.4. The summed E-state index contributed by atoms with van der Waals surface area (Å²) in [6.07, 6.45) is 0. The molecule has 2 rings (SSSR count). The van der Waals surface area contributed by atoms with Gasteiger partial charge in [-0.3, -0.25) is 14.6 Å². The summed E-state index contributed by atoms with van der Waals surface area (Å²) in [6.45, 7) is -0.203. The minimum absolute atomic E-state index is 0.0608. The van der Waals surface area contributed by atoms with Crippen molar-refractivity contribution in [3.8, 4) is 23.1 Å². The molecule has 0 atom stereocenters. The molecular formula is C14H12N4O3S. The number of aromatic nitrogens is 2. The summed E-state index contributed by atoms with van der Waals surface area (Å²) < 4.78 is 6.70. The van der Waals surface area contributed by atoms with Crippen molar-refractivity contribution in [3.63, 3.8) is 0 Å². The number of amides is 1. The molecule has 0 unspecified atom stereocenters. The van der Waals surface area contributed by atoms with Gasteiger partial charge in [-0.15, -0.1) is 0 Å². The SMILES string of the molecule is COc1ccc(C#N)cc1-c1cc(=O)[nH]c(=S)n1CC(N)=O. The number of benzene rings is 1. The molecule has 0 spiro atoms. The van der Waals surface area contributed by atoms with E-state index in [9.17, 15) is 9.59 Å². The van der Waals surface area contributed by atoms with Crippen molar-refractivity contribution in [1.29, 1.82) is 5.26 Å². The highest BCUT2D eigenvalue weighted by Crippen LogP contribution is 2.30. The van der Waals surface area contributed by atoms with E-state index in [1.165, 1.54) is 17.7 Å². The van der Waals surface area contributed by atoms with Crippen LogP contribution in [-0.4, -0.2) is 22.6 Å². The monoisotopic (exact) mass is 316 g/mol. The van der Waals surface area contributed by atoms with Crippen LogP contribution in [0.4, 0.5) is 0 Å². The van der Waals surface area contributed by atoms with Crippen molar-refractivity contribution in [1.82, 2.24) is 9.55 Å². The molecule has 0 saturated heterocycles. The van der Waals surface area contributed by atoms with Crippen LogP contribution in [0, 0.1) is 16.1 Å². The van der Waals surface area contributed by atoms with Gasteiger partial charge in [0.2, 0.25) is 5.91 Å². The van der Waals surface area contributed by atoms with Crippen LogP contribution in [-0.2, 0) is 11.3 Å². The Morgan fingerprint density at radius 2 is 2.23 bits per heavy atom. The number of nitrogens with one attached hydrogen (secondary N) is 1. The number of rotatable bonds is 4. The zero-order valence-electron chi connectivity index (χ0n) is 11.6. The van der Waals surface area contributed by atoms with Crippen LogP contribution < -0.4 is 16.0 Å². The molecule has 1 amide bonds. The van der Waals surface area contributed by atoms with Gasteiger partial charge in [-0.1, -0.05) is 0 Å². The smallest absolute Gasteiger partial charge is 0.252 e. The molecule has 1 aromatic heterocycles. The predicted molar refractivity (Wildman–Crippen MR) is 81.8 cm³/mol. The lowest BCUT2D eigenvalue weighted by molar-refractivity contribution is -0.118. The normalized spacial score (nSPS) is 10.0. The topological polar surface area (TPSA) is 114 Å². The Morgan fingerprint density at radius 3 is 2.82 bits per heavy atom. The third kappa shape index (κ3) is 3.05. The highest BCUT2D eigenvalue weighted by Gasteiger charge is 2.14. The number of carbonyl (C=O) groups excluding carboxylic acids is 1. The van der Waals surface area contributed by atoms with Gasteiger partial charge in [-0.2, -0.15) is 5.26 Å². The number of primary amides is 1. The number of carbonyl (C=O) groups is 1. The second kappa shape index (κ2) is 6.24. The van der Waals surface area contributed by atoms with Crippen molar-refractivity contribution >= 4 is 18.1 Å². The van der Waals surface area contributed by atoms with Gasteiger partial charge in [-0.25, -0.2) is 0 Å². The van der Waals surface area contributed by atoms with Gasteiger partial charge in [0.15, 0.2) is 4.77 Å². The van der Waals surface area contributed by atoms with Crippen LogP contribution in [0.2, 0.25) is 0 Å². The number of H-pyrrole nitrogens is 1.